The van der Waals surface area contributed by atoms with Crippen LogP contribution in [0.3, 0.4) is 0 Å². The molecule has 0 saturated heterocycles. The minimum atomic E-state index is -0.208. The van der Waals surface area contributed by atoms with E-state index in [9.17, 15) is 5.11 Å². The van der Waals surface area contributed by atoms with Crippen molar-refractivity contribution >= 4 is 0 Å². The summed E-state index contributed by atoms with van der Waals surface area (Å²) in [5.41, 5.74) is 2.34. The molecule has 2 aliphatic rings. The van der Waals surface area contributed by atoms with Gasteiger partial charge in [0.1, 0.15) is 6.61 Å². The molecule has 2 aromatic carbocycles. The van der Waals surface area contributed by atoms with Gasteiger partial charge in [-0.15, -0.1) is 0 Å². The first-order valence-corrected chi connectivity index (χ1v) is 9.18. The quantitative estimate of drug-likeness (QED) is 0.894. The second kappa shape index (κ2) is 7.46. The first-order valence-electron chi connectivity index (χ1n) is 9.18. The molecule has 3 atom stereocenters. The molecule has 25 heavy (non-hydrogen) atoms. The Kier molecular flexibility index (Phi) is 4.90. The zero-order valence-corrected chi connectivity index (χ0v) is 14.4. The zero-order valence-electron chi connectivity index (χ0n) is 14.4. The fraction of sp³-hybridized carbons (Fsp3) is 0.429. The summed E-state index contributed by atoms with van der Waals surface area (Å²) >= 11 is 0. The monoisotopic (exact) mass is 339 g/mol. The second-order valence-electron chi connectivity index (χ2n) is 6.95. The average molecular weight is 339 g/mol. The van der Waals surface area contributed by atoms with E-state index in [1.807, 2.05) is 24.3 Å². The second-order valence-corrected chi connectivity index (χ2v) is 6.95. The molecule has 4 heteroatoms. The molecule has 132 valence electrons. The van der Waals surface area contributed by atoms with Gasteiger partial charge in [-0.3, -0.25) is 0 Å². The highest BCUT2D eigenvalue weighted by Gasteiger charge is 2.23. The molecule has 1 fully saturated rings. The maximum atomic E-state index is 10.0. The molecule has 0 amide bonds. The van der Waals surface area contributed by atoms with Crippen LogP contribution in [0, 0.1) is 0 Å². The van der Waals surface area contributed by atoms with Crippen molar-refractivity contribution in [3.8, 4) is 11.5 Å². The number of para-hydroxylation sites is 2. The summed E-state index contributed by atoms with van der Waals surface area (Å²) in [6.07, 6.45) is 4.04. The van der Waals surface area contributed by atoms with Crippen molar-refractivity contribution in [3.63, 3.8) is 0 Å². The van der Waals surface area contributed by atoms with Crippen LogP contribution in [0.1, 0.15) is 42.9 Å². The Hall–Kier alpha value is -2.04. The number of benzene rings is 2. The number of aliphatic hydroxyl groups is 1. The molecule has 0 spiro atoms. The van der Waals surface area contributed by atoms with Gasteiger partial charge in [0, 0.05) is 12.6 Å². The summed E-state index contributed by atoms with van der Waals surface area (Å²) < 4.78 is 11.8. The van der Waals surface area contributed by atoms with Gasteiger partial charge in [0.25, 0.3) is 0 Å². The smallest absolute Gasteiger partial charge is 0.162 e. The van der Waals surface area contributed by atoms with Crippen LogP contribution in [-0.4, -0.2) is 23.9 Å². The summed E-state index contributed by atoms with van der Waals surface area (Å²) in [5, 5.41) is 13.5. The van der Waals surface area contributed by atoms with Crippen molar-refractivity contribution in [3.05, 3.63) is 59.7 Å². The standard InChI is InChI=1S/C21H25NO3/c23-18-6-2-1-5-17(18)22-13-15-9-11-16(12-10-15)21-14-24-19-7-3-4-8-20(19)25-21/h3-4,7-12,17-18,21-23H,1-2,5-6,13-14H2. The van der Waals surface area contributed by atoms with Crippen LogP contribution in [0.25, 0.3) is 0 Å². The maximum Gasteiger partial charge on any atom is 0.162 e. The molecule has 1 saturated carbocycles. The number of aliphatic hydroxyl groups excluding tert-OH is 1. The number of nitrogens with one attached hydrogen (secondary N) is 1. The van der Waals surface area contributed by atoms with Crippen LogP contribution < -0.4 is 14.8 Å². The van der Waals surface area contributed by atoms with Gasteiger partial charge in [-0.2, -0.15) is 0 Å². The zero-order chi connectivity index (χ0) is 17.1. The molecule has 1 aliphatic carbocycles. The number of fused-ring (bicyclic) bond motifs is 1. The van der Waals surface area contributed by atoms with Crippen LogP contribution in [0.5, 0.6) is 11.5 Å². The third-order valence-corrected chi connectivity index (χ3v) is 5.16. The SMILES string of the molecule is OC1CCCCC1NCc1ccc(C2COc3ccccc3O2)cc1. The number of hydrogen-bond donors (Lipinski definition) is 2. The predicted octanol–water partition coefficient (Wildman–Crippen LogP) is 3.59. The maximum absolute atomic E-state index is 10.0. The lowest BCUT2D eigenvalue weighted by atomic mass is 9.92. The highest BCUT2D eigenvalue weighted by atomic mass is 16.6. The molecule has 4 rings (SSSR count). The lowest BCUT2D eigenvalue weighted by Crippen LogP contribution is -2.41. The van der Waals surface area contributed by atoms with Gasteiger partial charge in [-0.25, -0.2) is 0 Å². The molecule has 0 radical (unpaired) electrons. The first-order chi connectivity index (χ1) is 12.3. The van der Waals surface area contributed by atoms with Crippen molar-refractivity contribution in [1.82, 2.24) is 5.32 Å². The lowest BCUT2D eigenvalue weighted by molar-refractivity contribution is 0.0900. The Morgan fingerprint density at radius 2 is 1.72 bits per heavy atom. The minimum absolute atomic E-state index is 0.0722. The van der Waals surface area contributed by atoms with E-state index in [1.165, 1.54) is 12.0 Å². The Labute approximate surface area is 148 Å². The fourth-order valence-electron chi connectivity index (χ4n) is 3.63. The van der Waals surface area contributed by atoms with Gasteiger partial charge < -0.3 is 19.9 Å². The van der Waals surface area contributed by atoms with E-state index in [0.29, 0.717) is 6.61 Å². The van der Waals surface area contributed by atoms with Crippen LogP contribution in [-0.2, 0) is 6.54 Å². The van der Waals surface area contributed by atoms with Crippen LogP contribution in [0.2, 0.25) is 0 Å². The lowest BCUT2D eigenvalue weighted by Gasteiger charge is -2.28. The summed E-state index contributed by atoms with van der Waals surface area (Å²) in [4.78, 5) is 0. The molecule has 3 unspecified atom stereocenters. The molecule has 2 N–H and O–H groups in total. The van der Waals surface area contributed by atoms with E-state index in [-0.39, 0.29) is 18.2 Å². The highest BCUT2D eigenvalue weighted by Crippen LogP contribution is 2.35. The Balaban J connectivity index is 1.36. The predicted molar refractivity (Wildman–Crippen MR) is 96.9 cm³/mol. The third kappa shape index (κ3) is 3.80. The van der Waals surface area contributed by atoms with E-state index in [1.54, 1.807) is 0 Å². The van der Waals surface area contributed by atoms with Crippen LogP contribution in [0.15, 0.2) is 48.5 Å². The first kappa shape index (κ1) is 16.4. The van der Waals surface area contributed by atoms with Crippen molar-refractivity contribution in [1.29, 1.82) is 0 Å². The molecule has 1 heterocycles. The van der Waals surface area contributed by atoms with Crippen molar-refractivity contribution in [2.24, 2.45) is 0 Å². The summed E-state index contributed by atoms with van der Waals surface area (Å²) in [6, 6.07) is 16.5. The van der Waals surface area contributed by atoms with E-state index >= 15 is 0 Å². The van der Waals surface area contributed by atoms with Gasteiger partial charge in [-0.05, 0) is 36.1 Å². The van der Waals surface area contributed by atoms with Gasteiger partial charge in [-0.1, -0.05) is 49.2 Å². The Bertz CT molecular complexity index is 701. The van der Waals surface area contributed by atoms with Gasteiger partial charge in [0.15, 0.2) is 17.6 Å². The van der Waals surface area contributed by atoms with E-state index in [4.69, 9.17) is 9.47 Å². The molecule has 2 aromatic rings. The summed E-state index contributed by atoms with van der Waals surface area (Å²) in [6.45, 7) is 1.32. The normalized spacial score (nSPS) is 25.6. The molecule has 4 nitrogen and oxygen atoms in total. The average Bonchev–Trinajstić information content (AvgIpc) is 2.67. The Morgan fingerprint density at radius 1 is 0.960 bits per heavy atom. The molecule has 0 aromatic heterocycles. The van der Waals surface area contributed by atoms with Gasteiger partial charge in [0.05, 0.1) is 6.10 Å². The van der Waals surface area contributed by atoms with Crippen molar-refractivity contribution in [2.45, 2.75) is 50.5 Å². The molecule has 0 bridgehead atoms. The molecular weight excluding hydrogens is 314 g/mol. The van der Waals surface area contributed by atoms with E-state index in [2.05, 4.69) is 29.6 Å². The topological polar surface area (TPSA) is 50.7 Å². The Morgan fingerprint density at radius 3 is 2.52 bits per heavy atom. The van der Waals surface area contributed by atoms with E-state index in [0.717, 1.165) is 42.9 Å². The van der Waals surface area contributed by atoms with E-state index < -0.39 is 0 Å². The summed E-state index contributed by atoms with van der Waals surface area (Å²) in [7, 11) is 0. The number of ether oxygens (including phenoxy) is 2. The molecule has 1 aliphatic heterocycles. The van der Waals surface area contributed by atoms with Crippen LogP contribution in [0.4, 0.5) is 0 Å². The fourth-order valence-corrected chi connectivity index (χ4v) is 3.63. The van der Waals surface area contributed by atoms with Crippen LogP contribution >= 0.6 is 0 Å². The van der Waals surface area contributed by atoms with Crippen molar-refractivity contribution in [2.75, 3.05) is 6.61 Å². The molecular formula is C21H25NO3. The van der Waals surface area contributed by atoms with Gasteiger partial charge >= 0.3 is 0 Å². The summed E-state index contributed by atoms with van der Waals surface area (Å²) in [5.74, 6) is 1.61. The van der Waals surface area contributed by atoms with Gasteiger partial charge in [0.2, 0.25) is 0 Å². The highest BCUT2D eigenvalue weighted by molar-refractivity contribution is 5.41. The third-order valence-electron chi connectivity index (χ3n) is 5.16. The largest absolute Gasteiger partial charge is 0.485 e. The number of rotatable bonds is 4. The number of hydrogen-bond acceptors (Lipinski definition) is 4. The minimum Gasteiger partial charge on any atom is -0.485 e. The van der Waals surface area contributed by atoms with Crippen molar-refractivity contribution < 1.29 is 14.6 Å².